The van der Waals surface area contributed by atoms with Gasteiger partial charge in [-0.25, -0.2) is 14.6 Å². The van der Waals surface area contributed by atoms with Crippen molar-refractivity contribution >= 4 is 23.2 Å². The van der Waals surface area contributed by atoms with Gasteiger partial charge in [0, 0.05) is 17.5 Å². The van der Waals surface area contributed by atoms with Gasteiger partial charge in [0.05, 0.1) is 12.1 Å². The largest absolute Gasteiger partial charge is 0.478 e. The van der Waals surface area contributed by atoms with Crippen LogP contribution in [0.4, 0.5) is 4.79 Å². The van der Waals surface area contributed by atoms with Crippen molar-refractivity contribution in [1.29, 1.82) is 0 Å². The molecule has 7 nitrogen and oxygen atoms in total. The molecule has 0 aliphatic heterocycles. The summed E-state index contributed by atoms with van der Waals surface area (Å²) in [5.74, 6) is -0.615. The lowest BCUT2D eigenvalue weighted by Gasteiger charge is -2.14. The minimum atomic E-state index is -1.06. The van der Waals surface area contributed by atoms with E-state index in [0.717, 1.165) is 11.1 Å². The highest BCUT2D eigenvalue weighted by molar-refractivity contribution is 5.91. The lowest BCUT2D eigenvalue weighted by atomic mass is 9.98. The van der Waals surface area contributed by atoms with Gasteiger partial charge in [0.2, 0.25) is 5.71 Å². The number of aromatic nitrogens is 1. The van der Waals surface area contributed by atoms with Gasteiger partial charge in [-0.15, -0.1) is 0 Å². The maximum atomic E-state index is 12.3. The minimum absolute atomic E-state index is 0.0111. The van der Waals surface area contributed by atoms with Gasteiger partial charge in [-0.3, -0.25) is 0 Å². The summed E-state index contributed by atoms with van der Waals surface area (Å²) in [6, 6.07) is 19.4. The molecule has 31 heavy (non-hydrogen) atoms. The van der Waals surface area contributed by atoms with Crippen LogP contribution in [0.15, 0.2) is 71.3 Å². The molecule has 2 aromatic heterocycles. The zero-order valence-corrected chi connectivity index (χ0v) is 16.4. The number of pyridine rings is 1. The smallest absolute Gasteiger partial charge is 0.407 e. The normalized spacial score (nSPS) is 12.4. The predicted molar refractivity (Wildman–Crippen MR) is 113 cm³/mol. The van der Waals surface area contributed by atoms with E-state index in [1.807, 2.05) is 24.3 Å². The first-order chi connectivity index (χ1) is 15.1. The van der Waals surface area contributed by atoms with Gasteiger partial charge in [-0.05, 0) is 34.4 Å². The number of amides is 1. The van der Waals surface area contributed by atoms with E-state index in [0.29, 0.717) is 16.9 Å². The molecule has 4 aromatic rings. The Balaban J connectivity index is 1.24. The van der Waals surface area contributed by atoms with Gasteiger partial charge in [-0.2, -0.15) is 0 Å². The average molecular weight is 414 g/mol. The first kappa shape index (κ1) is 18.9. The Morgan fingerprint density at radius 3 is 2.39 bits per heavy atom. The summed E-state index contributed by atoms with van der Waals surface area (Å²) in [7, 11) is 0. The molecular weight excluding hydrogens is 396 g/mol. The van der Waals surface area contributed by atoms with Crippen molar-refractivity contribution in [2.75, 3.05) is 6.61 Å². The zero-order chi connectivity index (χ0) is 21.4. The number of furan rings is 1. The highest BCUT2D eigenvalue weighted by Crippen LogP contribution is 2.44. The molecule has 0 atom stereocenters. The van der Waals surface area contributed by atoms with Gasteiger partial charge >= 0.3 is 12.1 Å². The first-order valence-corrected chi connectivity index (χ1v) is 9.81. The number of aromatic carboxylic acids is 1. The molecule has 0 radical (unpaired) electrons. The number of carboxylic acid groups (broad SMARTS) is 1. The summed E-state index contributed by atoms with van der Waals surface area (Å²) in [6.45, 7) is 0.332. The molecule has 0 saturated heterocycles. The van der Waals surface area contributed by atoms with E-state index in [-0.39, 0.29) is 24.6 Å². The molecule has 154 valence electrons. The standard InChI is InChI=1S/C24H18N2O5/c27-23(28)15-9-14-10-16(31-22(14)25-11-15)12-26-24(29)30-13-21-19-7-3-1-5-17(19)18-6-2-4-8-20(18)21/h1-11,21H,12-13H2,(H,26,29)(H,27,28). The van der Waals surface area contributed by atoms with E-state index in [1.165, 1.54) is 23.4 Å². The summed E-state index contributed by atoms with van der Waals surface area (Å²) in [6.07, 6.45) is 0.679. The molecular formula is C24H18N2O5. The van der Waals surface area contributed by atoms with E-state index < -0.39 is 12.1 Å². The summed E-state index contributed by atoms with van der Waals surface area (Å²) >= 11 is 0. The molecule has 0 saturated carbocycles. The second-order valence-corrected chi connectivity index (χ2v) is 7.32. The Hall–Kier alpha value is -4.13. The number of nitrogens with zero attached hydrogens (tertiary/aromatic N) is 1. The summed E-state index contributed by atoms with van der Waals surface area (Å²) in [5.41, 5.74) is 5.02. The Morgan fingerprint density at radius 2 is 1.71 bits per heavy atom. The molecule has 1 amide bonds. The number of rotatable bonds is 5. The first-order valence-electron chi connectivity index (χ1n) is 9.81. The Labute approximate surface area is 177 Å². The summed E-state index contributed by atoms with van der Waals surface area (Å²) in [4.78, 5) is 27.3. The number of hydrogen-bond donors (Lipinski definition) is 2. The average Bonchev–Trinajstić information content (AvgIpc) is 3.34. The van der Waals surface area contributed by atoms with Crippen molar-refractivity contribution in [3.8, 4) is 11.1 Å². The van der Waals surface area contributed by atoms with Crippen molar-refractivity contribution in [3.63, 3.8) is 0 Å². The van der Waals surface area contributed by atoms with Crippen LogP contribution >= 0.6 is 0 Å². The third kappa shape index (κ3) is 3.50. The second-order valence-electron chi connectivity index (χ2n) is 7.32. The molecule has 2 aromatic carbocycles. The zero-order valence-electron chi connectivity index (χ0n) is 16.4. The molecule has 2 heterocycles. The van der Waals surface area contributed by atoms with Crippen LogP contribution in [-0.4, -0.2) is 28.8 Å². The van der Waals surface area contributed by atoms with Crippen LogP contribution in [0, 0.1) is 0 Å². The number of carbonyl (C=O) groups excluding carboxylic acids is 1. The molecule has 0 bridgehead atoms. The van der Waals surface area contributed by atoms with Crippen LogP contribution < -0.4 is 5.32 Å². The molecule has 2 N–H and O–H groups in total. The topological polar surface area (TPSA) is 102 Å². The monoisotopic (exact) mass is 414 g/mol. The number of hydrogen-bond acceptors (Lipinski definition) is 5. The number of carboxylic acids is 1. The number of nitrogens with one attached hydrogen (secondary N) is 1. The van der Waals surface area contributed by atoms with Crippen LogP contribution in [0.25, 0.3) is 22.2 Å². The van der Waals surface area contributed by atoms with E-state index in [4.69, 9.17) is 14.3 Å². The van der Waals surface area contributed by atoms with Crippen LogP contribution in [0.3, 0.4) is 0 Å². The third-order valence-electron chi connectivity index (χ3n) is 5.42. The second kappa shape index (κ2) is 7.60. The fourth-order valence-electron chi connectivity index (χ4n) is 4.00. The lowest BCUT2D eigenvalue weighted by molar-refractivity contribution is 0.0696. The quantitative estimate of drug-likeness (QED) is 0.496. The van der Waals surface area contributed by atoms with Gasteiger partial charge in [0.1, 0.15) is 12.4 Å². The van der Waals surface area contributed by atoms with Gasteiger partial charge < -0.3 is 19.6 Å². The van der Waals surface area contributed by atoms with Crippen LogP contribution in [-0.2, 0) is 11.3 Å². The molecule has 0 unspecified atom stereocenters. The number of fused-ring (bicyclic) bond motifs is 4. The van der Waals surface area contributed by atoms with Crippen LogP contribution in [0.2, 0.25) is 0 Å². The maximum absolute atomic E-state index is 12.3. The number of ether oxygens (including phenoxy) is 1. The number of carbonyl (C=O) groups is 2. The fraction of sp³-hybridized carbons (Fsp3) is 0.125. The molecule has 0 fully saturated rings. The van der Waals surface area contributed by atoms with E-state index >= 15 is 0 Å². The van der Waals surface area contributed by atoms with Crippen molar-refractivity contribution in [2.24, 2.45) is 0 Å². The fourth-order valence-corrected chi connectivity index (χ4v) is 4.00. The van der Waals surface area contributed by atoms with E-state index in [1.54, 1.807) is 6.07 Å². The Morgan fingerprint density at radius 1 is 1.03 bits per heavy atom. The van der Waals surface area contributed by atoms with Gasteiger partial charge in [0.15, 0.2) is 0 Å². The van der Waals surface area contributed by atoms with Crippen molar-refractivity contribution in [2.45, 2.75) is 12.5 Å². The molecule has 1 aliphatic rings. The van der Waals surface area contributed by atoms with E-state index in [9.17, 15) is 9.59 Å². The number of benzene rings is 2. The third-order valence-corrected chi connectivity index (χ3v) is 5.42. The highest BCUT2D eigenvalue weighted by Gasteiger charge is 2.29. The maximum Gasteiger partial charge on any atom is 0.407 e. The Bertz CT molecular complexity index is 1260. The molecule has 7 heteroatoms. The SMILES string of the molecule is O=C(NCc1cc2cc(C(=O)O)cnc2o1)OCC1c2ccccc2-c2ccccc21. The minimum Gasteiger partial charge on any atom is -0.478 e. The molecule has 5 rings (SSSR count). The van der Waals surface area contributed by atoms with Crippen molar-refractivity contribution in [3.05, 3.63) is 89.3 Å². The van der Waals surface area contributed by atoms with Crippen LogP contribution in [0.5, 0.6) is 0 Å². The van der Waals surface area contributed by atoms with Crippen molar-refractivity contribution in [1.82, 2.24) is 10.3 Å². The number of alkyl carbamates (subject to hydrolysis) is 1. The van der Waals surface area contributed by atoms with Gasteiger partial charge in [-0.1, -0.05) is 48.5 Å². The molecule has 0 spiro atoms. The summed E-state index contributed by atoms with van der Waals surface area (Å²) in [5, 5.41) is 12.3. The Kier molecular flexibility index (Phi) is 4.63. The van der Waals surface area contributed by atoms with E-state index in [2.05, 4.69) is 34.6 Å². The highest BCUT2D eigenvalue weighted by atomic mass is 16.5. The van der Waals surface area contributed by atoms with Crippen LogP contribution in [0.1, 0.15) is 33.2 Å². The lowest BCUT2D eigenvalue weighted by Crippen LogP contribution is -2.25. The molecule has 1 aliphatic carbocycles. The van der Waals surface area contributed by atoms with Gasteiger partial charge in [0.25, 0.3) is 0 Å². The predicted octanol–water partition coefficient (Wildman–Crippen LogP) is 4.56. The summed E-state index contributed by atoms with van der Waals surface area (Å²) < 4.78 is 11.1. The van der Waals surface area contributed by atoms with Crippen molar-refractivity contribution < 1.29 is 23.8 Å².